The molecular formula is C13H10FN3O4S. The van der Waals surface area contributed by atoms with Gasteiger partial charge in [-0.05, 0) is 17.7 Å². The van der Waals surface area contributed by atoms with Gasteiger partial charge in [-0.25, -0.2) is 12.8 Å². The molecule has 0 bridgehead atoms. The van der Waals surface area contributed by atoms with E-state index in [2.05, 4.69) is 15.3 Å². The zero-order valence-electron chi connectivity index (χ0n) is 11.1. The molecule has 2 aromatic heterocycles. The molecule has 0 amide bonds. The summed E-state index contributed by atoms with van der Waals surface area (Å²) < 4.78 is 46.8. The van der Waals surface area contributed by atoms with Crippen molar-refractivity contribution < 1.29 is 21.9 Å². The number of aromatic nitrogens is 3. The van der Waals surface area contributed by atoms with E-state index in [0.29, 0.717) is 5.56 Å². The van der Waals surface area contributed by atoms with Gasteiger partial charge in [0.25, 0.3) is 5.89 Å². The van der Waals surface area contributed by atoms with Gasteiger partial charge in [-0.2, -0.15) is 4.98 Å². The van der Waals surface area contributed by atoms with Crippen LogP contribution in [-0.2, 0) is 21.3 Å². The van der Waals surface area contributed by atoms with E-state index < -0.39 is 15.7 Å². The lowest BCUT2D eigenvalue weighted by atomic mass is 10.2. The average molecular weight is 323 g/mol. The zero-order chi connectivity index (χ0) is 15.6. The van der Waals surface area contributed by atoms with E-state index in [1.165, 1.54) is 36.5 Å². The molecule has 3 rings (SSSR count). The summed E-state index contributed by atoms with van der Waals surface area (Å²) in [5.41, 5.74) is 0.486. The number of hydrogen-bond acceptors (Lipinski definition) is 7. The van der Waals surface area contributed by atoms with Gasteiger partial charge in [-0.3, -0.25) is 0 Å². The summed E-state index contributed by atoms with van der Waals surface area (Å²) in [4.78, 5) is 3.94. The van der Waals surface area contributed by atoms with Crippen LogP contribution < -0.4 is 0 Å². The van der Waals surface area contributed by atoms with Gasteiger partial charge in [0.15, 0.2) is 15.7 Å². The van der Waals surface area contributed by atoms with Crippen LogP contribution in [0.3, 0.4) is 0 Å². The predicted molar refractivity (Wildman–Crippen MR) is 72.5 cm³/mol. The molecule has 0 unspecified atom stereocenters. The lowest BCUT2D eigenvalue weighted by Gasteiger charge is -2.01. The molecule has 0 saturated heterocycles. The molecule has 0 aliphatic carbocycles. The fourth-order valence-electron chi connectivity index (χ4n) is 1.82. The summed E-state index contributed by atoms with van der Waals surface area (Å²) in [6.07, 6.45) is 1.41. The van der Waals surface area contributed by atoms with Crippen molar-refractivity contribution in [2.75, 3.05) is 0 Å². The van der Waals surface area contributed by atoms with Gasteiger partial charge in [-0.1, -0.05) is 22.4 Å². The largest absolute Gasteiger partial charge is 0.351 e. The first-order valence-electron chi connectivity index (χ1n) is 6.20. The lowest BCUT2D eigenvalue weighted by molar-refractivity contribution is 0.382. The van der Waals surface area contributed by atoms with Crippen LogP contribution in [0.5, 0.6) is 0 Å². The van der Waals surface area contributed by atoms with Gasteiger partial charge in [0.05, 0.1) is 11.9 Å². The smallest absolute Gasteiger partial charge is 0.296 e. The number of halogens is 1. The maximum Gasteiger partial charge on any atom is 0.296 e. The molecule has 7 nitrogen and oxygen atoms in total. The van der Waals surface area contributed by atoms with Crippen LogP contribution >= 0.6 is 0 Å². The highest BCUT2D eigenvalue weighted by molar-refractivity contribution is 7.89. The quantitative estimate of drug-likeness (QED) is 0.707. The summed E-state index contributed by atoms with van der Waals surface area (Å²) in [6.45, 7) is 0. The molecule has 0 aliphatic rings. The average Bonchev–Trinajstić information content (AvgIpc) is 3.11. The van der Waals surface area contributed by atoms with Crippen LogP contribution in [-0.4, -0.2) is 23.7 Å². The second-order valence-corrected chi connectivity index (χ2v) is 6.62. The van der Waals surface area contributed by atoms with E-state index in [-0.39, 0.29) is 29.0 Å². The third kappa shape index (κ3) is 3.37. The van der Waals surface area contributed by atoms with Crippen LogP contribution in [0, 0.1) is 5.82 Å². The highest BCUT2D eigenvalue weighted by atomic mass is 32.2. The molecule has 1 aromatic carbocycles. The summed E-state index contributed by atoms with van der Waals surface area (Å²) in [5.74, 6) is -0.703. The minimum atomic E-state index is -3.51. The van der Waals surface area contributed by atoms with Crippen molar-refractivity contribution in [2.24, 2.45) is 0 Å². The lowest BCUT2D eigenvalue weighted by Crippen LogP contribution is -2.08. The zero-order valence-corrected chi connectivity index (χ0v) is 12.0. The Morgan fingerprint density at radius 1 is 1.05 bits per heavy atom. The maximum atomic E-state index is 12.8. The SMILES string of the molecule is O=S(=O)(Cc1ccc(F)cc1)Cc1noc(-c2ccno2)n1. The number of nitrogens with zero attached hydrogens (tertiary/aromatic N) is 3. The number of benzene rings is 1. The van der Waals surface area contributed by atoms with E-state index in [4.69, 9.17) is 9.05 Å². The molecule has 2 heterocycles. The molecule has 114 valence electrons. The van der Waals surface area contributed by atoms with Gasteiger partial charge >= 0.3 is 0 Å². The Morgan fingerprint density at radius 2 is 1.82 bits per heavy atom. The fraction of sp³-hybridized carbons (Fsp3) is 0.154. The normalized spacial score (nSPS) is 11.7. The van der Waals surface area contributed by atoms with E-state index >= 15 is 0 Å². The summed E-state index contributed by atoms with van der Waals surface area (Å²) >= 11 is 0. The topological polar surface area (TPSA) is 99.1 Å². The second kappa shape index (κ2) is 5.68. The monoisotopic (exact) mass is 323 g/mol. The van der Waals surface area contributed by atoms with E-state index in [1.807, 2.05) is 0 Å². The van der Waals surface area contributed by atoms with Gasteiger partial charge in [0.1, 0.15) is 11.6 Å². The standard InChI is InChI=1S/C13H10FN3O4S/c14-10-3-1-9(2-4-10)7-22(18,19)8-12-16-13(21-17-12)11-5-6-15-20-11/h1-6H,7-8H2. The molecule has 0 atom stereocenters. The second-order valence-electron chi connectivity index (χ2n) is 4.55. The van der Waals surface area contributed by atoms with Crippen molar-refractivity contribution in [1.82, 2.24) is 15.3 Å². The molecule has 0 saturated carbocycles. The fourth-order valence-corrected chi connectivity index (χ4v) is 3.13. The highest BCUT2D eigenvalue weighted by Crippen LogP contribution is 2.17. The van der Waals surface area contributed by atoms with E-state index in [1.54, 1.807) is 0 Å². The Morgan fingerprint density at radius 3 is 2.50 bits per heavy atom. The Hall–Kier alpha value is -2.55. The summed E-state index contributed by atoms with van der Waals surface area (Å²) in [5, 5.41) is 7.09. The van der Waals surface area contributed by atoms with Crippen LogP contribution in [0.25, 0.3) is 11.7 Å². The van der Waals surface area contributed by atoms with Crippen LogP contribution in [0.1, 0.15) is 11.4 Å². The van der Waals surface area contributed by atoms with Crippen molar-refractivity contribution in [3.8, 4) is 11.7 Å². The molecular weight excluding hydrogens is 313 g/mol. The molecule has 22 heavy (non-hydrogen) atoms. The van der Waals surface area contributed by atoms with Gasteiger partial charge in [0.2, 0.25) is 5.76 Å². The first-order chi connectivity index (χ1) is 10.5. The Balaban J connectivity index is 1.73. The Bertz CT molecular complexity index is 857. The molecule has 0 spiro atoms. The molecule has 0 radical (unpaired) electrons. The minimum absolute atomic E-state index is 0.0218. The predicted octanol–water partition coefficient (Wildman–Crippen LogP) is 1.98. The van der Waals surface area contributed by atoms with E-state index in [9.17, 15) is 12.8 Å². The van der Waals surface area contributed by atoms with Gasteiger partial charge < -0.3 is 9.05 Å². The van der Waals surface area contributed by atoms with Crippen LogP contribution in [0.4, 0.5) is 4.39 Å². The van der Waals surface area contributed by atoms with Crippen molar-refractivity contribution in [3.63, 3.8) is 0 Å². The maximum absolute atomic E-state index is 12.8. The molecule has 3 aromatic rings. The molecule has 0 aliphatic heterocycles. The Kier molecular flexibility index (Phi) is 3.72. The van der Waals surface area contributed by atoms with Crippen molar-refractivity contribution in [2.45, 2.75) is 11.5 Å². The summed E-state index contributed by atoms with van der Waals surface area (Å²) in [6, 6.07) is 6.78. The third-order valence-corrected chi connectivity index (χ3v) is 4.24. The summed E-state index contributed by atoms with van der Waals surface area (Å²) in [7, 11) is -3.51. The van der Waals surface area contributed by atoms with Crippen molar-refractivity contribution in [3.05, 3.63) is 53.7 Å². The van der Waals surface area contributed by atoms with Gasteiger partial charge in [0, 0.05) is 6.07 Å². The van der Waals surface area contributed by atoms with Crippen LogP contribution in [0.2, 0.25) is 0 Å². The number of sulfone groups is 1. The number of hydrogen-bond donors (Lipinski definition) is 0. The molecule has 0 fully saturated rings. The molecule has 0 N–H and O–H groups in total. The highest BCUT2D eigenvalue weighted by Gasteiger charge is 2.19. The third-order valence-electron chi connectivity index (χ3n) is 2.77. The first-order valence-corrected chi connectivity index (χ1v) is 8.02. The van der Waals surface area contributed by atoms with E-state index in [0.717, 1.165) is 0 Å². The molecule has 9 heteroatoms. The first kappa shape index (κ1) is 14.4. The van der Waals surface area contributed by atoms with Gasteiger partial charge in [-0.15, -0.1) is 0 Å². The Labute approximate surface area is 124 Å². The number of rotatable bonds is 5. The minimum Gasteiger partial charge on any atom is -0.351 e. The van der Waals surface area contributed by atoms with Crippen molar-refractivity contribution >= 4 is 9.84 Å². The van der Waals surface area contributed by atoms with Crippen LogP contribution in [0.15, 0.2) is 45.6 Å². The van der Waals surface area contributed by atoms with Crippen molar-refractivity contribution in [1.29, 1.82) is 0 Å².